The van der Waals surface area contributed by atoms with E-state index in [2.05, 4.69) is 21.1 Å². The van der Waals surface area contributed by atoms with Gasteiger partial charge in [0.15, 0.2) is 0 Å². The van der Waals surface area contributed by atoms with E-state index in [-0.39, 0.29) is 0 Å². The summed E-state index contributed by atoms with van der Waals surface area (Å²) in [6.07, 6.45) is 6.84. The van der Waals surface area contributed by atoms with Crippen molar-refractivity contribution in [1.82, 2.24) is 14.7 Å². The van der Waals surface area contributed by atoms with Crippen LogP contribution in [0.15, 0.2) is 12.4 Å². The fraction of sp³-hybridized carbons (Fsp3) is 0.727. The Bertz CT molecular complexity index is 346. The third-order valence-corrected chi connectivity index (χ3v) is 3.64. The molecule has 4 nitrogen and oxygen atoms in total. The number of anilines is 1. The molecule has 82 valence electrons. The number of nitrogens with zero attached hydrogens (tertiary/aromatic N) is 4. The highest BCUT2D eigenvalue weighted by atomic mass is 15.3. The molecule has 2 aliphatic heterocycles. The minimum atomic E-state index is 0.791. The molecule has 0 aromatic carbocycles. The average molecular weight is 206 g/mol. The maximum absolute atomic E-state index is 4.24. The van der Waals surface area contributed by atoms with Crippen LogP contribution >= 0.6 is 0 Å². The van der Waals surface area contributed by atoms with Crippen molar-refractivity contribution in [2.75, 3.05) is 31.1 Å². The van der Waals surface area contributed by atoms with Crippen molar-refractivity contribution < 1.29 is 0 Å². The third-order valence-electron chi connectivity index (χ3n) is 3.64. The van der Waals surface area contributed by atoms with Crippen molar-refractivity contribution in [3.63, 3.8) is 0 Å². The fourth-order valence-corrected chi connectivity index (χ4v) is 2.80. The van der Waals surface area contributed by atoms with Gasteiger partial charge in [-0.1, -0.05) is 0 Å². The Morgan fingerprint density at radius 2 is 2.27 bits per heavy atom. The lowest BCUT2D eigenvalue weighted by Gasteiger charge is -2.38. The number of aromatic nitrogens is 2. The van der Waals surface area contributed by atoms with Crippen LogP contribution in [0.4, 0.5) is 5.69 Å². The first kappa shape index (κ1) is 9.21. The summed E-state index contributed by atoms with van der Waals surface area (Å²) >= 11 is 0. The first-order valence-corrected chi connectivity index (χ1v) is 5.80. The van der Waals surface area contributed by atoms with Crippen molar-refractivity contribution in [3.05, 3.63) is 12.4 Å². The topological polar surface area (TPSA) is 24.3 Å². The lowest BCUT2D eigenvalue weighted by molar-refractivity contribution is 0.231. The van der Waals surface area contributed by atoms with Crippen LogP contribution in [0, 0.1) is 0 Å². The van der Waals surface area contributed by atoms with E-state index in [4.69, 9.17) is 0 Å². The van der Waals surface area contributed by atoms with Crippen molar-refractivity contribution in [1.29, 1.82) is 0 Å². The van der Waals surface area contributed by atoms with Crippen LogP contribution in [-0.2, 0) is 7.05 Å². The zero-order valence-corrected chi connectivity index (χ0v) is 9.26. The number of rotatable bonds is 1. The van der Waals surface area contributed by atoms with E-state index in [0.29, 0.717) is 0 Å². The zero-order chi connectivity index (χ0) is 10.3. The summed E-state index contributed by atoms with van der Waals surface area (Å²) in [6.45, 7) is 4.87. The Morgan fingerprint density at radius 3 is 3.07 bits per heavy atom. The molecule has 1 aromatic heterocycles. The van der Waals surface area contributed by atoms with Gasteiger partial charge in [-0.15, -0.1) is 0 Å². The summed E-state index contributed by atoms with van der Waals surface area (Å²) in [5.41, 5.74) is 1.28. The molecule has 1 aromatic rings. The maximum Gasteiger partial charge on any atom is 0.0753 e. The first-order chi connectivity index (χ1) is 7.33. The van der Waals surface area contributed by atoms with Gasteiger partial charge in [-0.05, 0) is 19.4 Å². The molecule has 0 radical (unpaired) electrons. The molecule has 1 atom stereocenters. The van der Waals surface area contributed by atoms with Gasteiger partial charge in [0.25, 0.3) is 0 Å². The molecule has 0 bridgehead atoms. The van der Waals surface area contributed by atoms with Gasteiger partial charge in [-0.3, -0.25) is 9.58 Å². The van der Waals surface area contributed by atoms with E-state index in [9.17, 15) is 0 Å². The molecular weight excluding hydrogens is 188 g/mol. The molecule has 3 rings (SSSR count). The van der Waals surface area contributed by atoms with Gasteiger partial charge in [0.05, 0.1) is 11.9 Å². The first-order valence-electron chi connectivity index (χ1n) is 5.80. The standard InChI is InChI=1S/C11H18N4/c1-13-8-11(7-12-13)15-6-5-14-4-2-3-10(14)9-15/h7-8,10H,2-6,9H2,1H3. The van der Waals surface area contributed by atoms with E-state index in [1.54, 1.807) is 0 Å². The second-order valence-corrected chi connectivity index (χ2v) is 4.65. The molecule has 0 N–H and O–H groups in total. The molecular formula is C11H18N4. The van der Waals surface area contributed by atoms with E-state index in [0.717, 1.165) is 12.6 Å². The molecule has 0 spiro atoms. The largest absolute Gasteiger partial charge is 0.366 e. The molecule has 2 fully saturated rings. The molecule has 2 saturated heterocycles. The summed E-state index contributed by atoms with van der Waals surface area (Å²) in [7, 11) is 1.98. The molecule has 0 amide bonds. The smallest absolute Gasteiger partial charge is 0.0753 e. The minimum Gasteiger partial charge on any atom is -0.366 e. The Morgan fingerprint density at radius 1 is 1.33 bits per heavy atom. The van der Waals surface area contributed by atoms with Gasteiger partial charge in [0.1, 0.15) is 0 Å². The second-order valence-electron chi connectivity index (χ2n) is 4.65. The molecule has 3 heterocycles. The number of fused-ring (bicyclic) bond motifs is 1. The van der Waals surface area contributed by atoms with Crippen molar-refractivity contribution >= 4 is 5.69 Å². The highest BCUT2D eigenvalue weighted by Crippen LogP contribution is 2.24. The van der Waals surface area contributed by atoms with E-state index in [1.165, 1.54) is 38.2 Å². The number of hydrogen-bond donors (Lipinski definition) is 0. The number of aryl methyl sites for hydroxylation is 1. The number of hydrogen-bond acceptors (Lipinski definition) is 3. The quantitative estimate of drug-likeness (QED) is 0.676. The third kappa shape index (κ3) is 1.63. The Labute approximate surface area is 90.5 Å². The molecule has 4 heteroatoms. The van der Waals surface area contributed by atoms with Gasteiger partial charge < -0.3 is 4.90 Å². The van der Waals surface area contributed by atoms with E-state index in [1.807, 2.05) is 17.9 Å². The Hall–Kier alpha value is -1.03. The predicted molar refractivity (Wildman–Crippen MR) is 60.0 cm³/mol. The van der Waals surface area contributed by atoms with Gasteiger partial charge in [-0.25, -0.2) is 0 Å². The predicted octanol–water partition coefficient (Wildman–Crippen LogP) is 0.704. The maximum atomic E-state index is 4.24. The fourth-order valence-electron chi connectivity index (χ4n) is 2.80. The second kappa shape index (κ2) is 3.52. The molecule has 1 unspecified atom stereocenters. The highest BCUT2D eigenvalue weighted by molar-refractivity contribution is 5.43. The zero-order valence-electron chi connectivity index (χ0n) is 9.26. The summed E-state index contributed by atoms with van der Waals surface area (Å²) in [5.74, 6) is 0. The average Bonchev–Trinajstić information content (AvgIpc) is 2.84. The summed E-state index contributed by atoms with van der Waals surface area (Å²) < 4.78 is 1.89. The molecule has 0 saturated carbocycles. The van der Waals surface area contributed by atoms with Crippen LogP contribution in [0.3, 0.4) is 0 Å². The van der Waals surface area contributed by atoms with E-state index >= 15 is 0 Å². The van der Waals surface area contributed by atoms with Crippen molar-refractivity contribution in [2.24, 2.45) is 7.05 Å². The van der Waals surface area contributed by atoms with Gasteiger partial charge in [-0.2, -0.15) is 5.10 Å². The lowest BCUT2D eigenvalue weighted by atomic mass is 10.1. The van der Waals surface area contributed by atoms with Gasteiger partial charge >= 0.3 is 0 Å². The summed E-state index contributed by atoms with van der Waals surface area (Å²) in [4.78, 5) is 5.10. The molecule has 0 aliphatic carbocycles. The lowest BCUT2D eigenvalue weighted by Crippen LogP contribution is -2.50. The van der Waals surface area contributed by atoms with Crippen LogP contribution in [-0.4, -0.2) is 46.9 Å². The molecule has 15 heavy (non-hydrogen) atoms. The van der Waals surface area contributed by atoms with Crippen molar-refractivity contribution in [3.8, 4) is 0 Å². The minimum absolute atomic E-state index is 0.791. The summed E-state index contributed by atoms with van der Waals surface area (Å²) in [6, 6.07) is 0.791. The van der Waals surface area contributed by atoms with Crippen LogP contribution in [0.5, 0.6) is 0 Å². The summed E-state index contributed by atoms with van der Waals surface area (Å²) in [5, 5.41) is 4.24. The number of piperazine rings is 1. The van der Waals surface area contributed by atoms with Crippen LogP contribution < -0.4 is 4.90 Å². The van der Waals surface area contributed by atoms with Gasteiger partial charge in [0.2, 0.25) is 0 Å². The Kier molecular flexibility index (Phi) is 2.16. The van der Waals surface area contributed by atoms with Crippen LogP contribution in [0.2, 0.25) is 0 Å². The molecule has 2 aliphatic rings. The van der Waals surface area contributed by atoms with Crippen molar-refractivity contribution in [2.45, 2.75) is 18.9 Å². The van der Waals surface area contributed by atoms with E-state index < -0.39 is 0 Å². The monoisotopic (exact) mass is 206 g/mol. The Balaban J connectivity index is 1.73. The SMILES string of the molecule is Cn1cc(N2CCN3CCCC3C2)cn1. The van der Waals surface area contributed by atoms with Crippen LogP contribution in [0.1, 0.15) is 12.8 Å². The van der Waals surface area contributed by atoms with Gasteiger partial charge in [0, 0.05) is 38.9 Å². The normalized spacial score (nSPS) is 27.0. The highest BCUT2D eigenvalue weighted by Gasteiger charge is 2.30. The van der Waals surface area contributed by atoms with Crippen LogP contribution in [0.25, 0.3) is 0 Å².